The van der Waals surface area contributed by atoms with Crippen LogP contribution in [0.5, 0.6) is 0 Å². The Kier molecular flexibility index (Phi) is 8.70. The summed E-state index contributed by atoms with van der Waals surface area (Å²) in [6.07, 6.45) is 3.30. The van der Waals surface area contributed by atoms with Crippen molar-refractivity contribution in [2.45, 2.75) is 6.04 Å². The summed E-state index contributed by atoms with van der Waals surface area (Å²) in [5, 5.41) is 6.01. The van der Waals surface area contributed by atoms with Crippen LogP contribution in [0.2, 0.25) is 0 Å². The molecule has 0 aromatic heterocycles. The second-order valence-electron chi connectivity index (χ2n) is 8.57. The molecule has 1 aliphatic rings. The molecule has 8 heteroatoms. The Morgan fingerprint density at radius 3 is 2.24 bits per heavy atom. The van der Waals surface area contributed by atoms with Gasteiger partial charge in [-0.3, -0.25) is 4.79 Å². The van der Waals surface area contributed by atoms with Gasteiger partial charge in [0.1, 0.15) is 11.9 Å². The van der Waals surface area contributed by atoms with Crippen LogP contribution in [0.4, 0.5) is 17.1 Å². The average Bonchev–Trinajstić information content (AvgIpc) is 2.94. The standard InChI is InChI=1S/C29H32N6O2/c1-21(33-24-11-13-26(14-12-24)35-17-19-37-20-18-35)32-16-15-27(30)22-7-9-25(10-8-22)34-29(36)28(31)23-5-3-2-4-6-23/h2-16,28,33H,1,17-20,30-31H2,(H,34,36)/b27-15-,32-16-/t28-/m0/s1. The molecule has 0 aliphatic carbocycles. The molecule has 1 saturated heterocycles. The lowest BCUT2D eigenvalue weighted by Crippen LogP contribution is -2.36. The summed E-state index contributed by atoms with van der Waals surface area (Å²) < 4.78 is 5.41. The van der Waals surface area contributed by atoms with Crippen molar-refractivity contribution in [3.63, 3.8) is 0 Å². The molecule has 0 unspecified atom stereocenters. The molecule has 4 rings (SSSR count). The Labute approximate surface area is 217 Å². The number of nitrogens with one attached hydrogen (secondary N) is 2. The van der Waals surface area contributed by atoms with Gasteiger partial charge in [0.2, 0.25) is 5.91 Å². The van der Waals surface area contributed by atoms with Crippen LogP contribution in [-0.4, -0.2) is 38.4 Å². The summed E-state index contributed by atoms with van der Waals surface area (Å²) in [4.78, 5) is 19.1. The van der Waals surface area contributed by atoms with Gasteiger partial charge in [0.15, 0.2) is 0 Å². The number of carbonyl (C=O) groups excluding carboxylic acids is 1. The zero-order chi connectivity index (χ0) is 26.0. The molecule has 37 heavy (non-hydrogen) atoms. The number of nitrogens with two attached hydrogens (primary N) is 2. The normalized spacial score (nSPS) is 14.8. The summed E-state index contributed by atoms with van der Waals surface area (Å²) in [5.74, 6) is 0.215. The van der Waals surface area contributed by atoms with Gasteiger partial charge in [0, 0.05) is 42.1 Å². The Balaban J connectivity index is 1.27. The number of amides is 1. The summed E-state index contributed by atoms with van der Waals surface area (Å²) in [7, 11) is 0. The second kappa shape index (κ2) is 12.5. The highest BCUT2D eigenvalue weighted by Gasteiger charge is 2.15. The average molecular weight is 497 g/mol. The summed E-state index contributed by atoms with van der Waals surface area (Å²) in [5.41, 5.74) is 17.0. The third-order valence-corrected chi connectivity index (χ3v) is 5.94. The van der Waals surface area contributed by atoms with Gasteiger partial charge in [-0.25, -0.2) is 4.99 Å². The van der Waals surface area contributed by atoms with Crippen LogP contribution in [0.3, 0.4) is 0 Å². The zero-order valence-corrected chi connectivity index (χ0v) is 20.6. The predicted molar refractivity (Wildman–Crippen MR) is 151 cm³/mol. The van der Waals surface area contributed by atoms with Gasteiger partial charge in [-0.15, -0.1) is 0 Å². The first-order chi connectivity index (χ1) is 18.0. The van der Waals surface area contributed by atoms with Crippen molar-refractivity contribution in [3.8, 4) is 0 Å². The summed E-state index contributed by atoms with van der Waals surface area (Å²) in [6, 6.07) is 23.9. The Hall–Kier alpha value is -4.40. The first-order valence-electron chi connectivity index (χ1n) is 12.1. The molecule has 0 spiro atoms. The minimum atomic E-state index is -0.744. The first-order valence-corrected chi connectivity index (χ1v) is 12.1. The maximum absolute atomic E-state index is 12.4. The molecule has 1 fully saturated rings. The highest BCUT2D eigenvalue weighted by atomic mass is 16.5. The molecule has 3 aromatic rings. The smallest absolute Gasteiger partial charge is 0.245 e. The monoisotopic (exact) mass is 496 g/mol. The molecule has 0 bridgehead atoms. The maximum Gasteiger partial charge on any atom is 0.245 e. The third-order valence-electron chi connectivity index (χ3n) is 5.94. The highest BCUT2D eigenvalue weighted by Crippen LogP contribution is 2.20. The van der Waals surface area contributed by atoms with Gasteiger partial charge >= 0.3 is 0 Å². The van der Waals surface area contributed by atoms with Gasteiger partial charge in [-0.2, -0.15) is 0 Å². The van der Waals surface area contributed by atoms with E-state index in [4.69, 9.17) is 16.2 Å². The van der Waals surface area contributed by atoms with Crippen LogP contribution in [0.25, 0.3) is 5.70 Å². The third kappa shape index (κ3) is 7.30. The van der Waals surface area contributed by atoms with Crippen molar-refractivity contribution in [1.82, 2.24) is 0 Å². The molecular formula is C29H32N6O2. The number of aliphatic imine (C=N–C) groups is 1. The second-order valence-corrected chi connectivity index (χ2v) is 8.57. The number of allylic oxidation sites excluding steroid dienone is 1. The Morgan fingerprint density at radius 2 is 1.57 bits per heavy atom. The lowest BCUT2D eigenvalue weighted by molar-refractivity contribution is -0.117. The lowest BCUT2D eigenvalue weighted by atomic mass is 10.1. The molecule has 3 aromatic carbocycles. The van der Waals surface area contributed by atoms with Gasteiger partial charge in [0.05, 0.1) is 13.2 Å². The zero-order valence-electron chi connectivity index (χ0n) is 20.6. The number of ether oxygens (including phenoxy) is 1. The van der Waals surface area contributed by atoms with E-state index in [1.807, 2.05) is 54.6 Å². The van der Waals surface area contributed by atoms with Crippen molar-refractivity contribution < 1.29 is 9.53 Å². The van der Waals surface area contributed by atoms with E-state index in [1.165, 1.54) is 5.69 Å². The van der Waals surface area contributed by atoms with Crippen LogP contribution in [0, 0.1) is 0 Å². The highest BCUT2D eigenvalue weighted by molar-refractivity contribution is 5.95. The van der Waals surface area contributed by atoms with E-state index < -0.39 is 6.04 Å². The maximum atomic E-state index is 12.4. The number of anilines is 3. The van der Waals surface area contributed by atoms with Crippen LogP contribution < -0.4 is 27.0 Å². The number of morpholine rings is 1. The van der Waals surface area contributed by atoms with Crippen molar-refractivity contribution in [1.29, 1.82) is 0 Å². The number of carbonyl (C=O) groups is 1. The molecule has 6 N–H and O–H groups in total. The lowest BCUT2D eigenvalue weighted by Gasteiger charge is -2.28. The number of hydrogen-bond donors (Lipinski definition) is 4. The fourth-order valence-electron chi connectivity index (χ4n) is 3.86. The SMILES string of the molecule is C=C(/N=C\C=C(/N)c1ccc(NC(=O)[C@@H](N)c2ccccc2)cc1)Nc1ccc(N2CCOCC2)cc1. The first kappa shape index (κ1) is 25.7. The molecule has 190 valence electrons. The molecule has 0 saturated carbocycles. The van der Waals surface area contributed by atoms with Crippen LogP contribution in [0.15, 0.2) is 102 Å². The van der Waals surface area contributed by atoms with Gasteiger partial charge in [0.25, 0.3) is 0 Å². The summed E-state index contributed by atoms with van der Waals surface area (Å²) >= 11 is 0. The molecule has 0 radical (unpaired) electrons. The minimum Gasteiger partial charge on any atom is -0.398 e. The number of benzene rings is 3. The fourth-order valence-corrected chi connectivity index (χ4v) is 3.86. The van der Waals surface area contributed by atoms with E-state index in [1.54, 1.807) is 24.4 Å². The van der Waals surface area contributed by atoms with E-state index >= 15 is 0 Å². The molecular weight excluding hydrogens is 464 g/mol. The van der Waals surface area contributed by atoms with Crippen LogP contribution in [0.1, 0.15) is 17.2 Å². The number of hydrogen-bond acceptors (Lipinski definition) is 7. The topological polar surface area (TPSA) is 118 Å². The summed E-state index contributed by atoms with van der Waals surface area (Å²) in [6.45, 7) is 7.26. The van der Waals surface area contributed by atoms with E-state index in [2.05, 4.69) is 39.2 Å². The van der Waals surface area contributed by atoms with Crippen LogP contribution >= 0.6 is 0 Å². The number of nitrogens with zero attached hydrogens (tertiary/aromatic N) is 2. The van der Waals surface area contributed by atoms with E-state index in [0.29, 0.717) is 17.2 Å². The van der Waals surface area contributed by atoms with E-state index in [9.17, 15) is 4.79 Å². The minimum absolute atomic E-state index is 0.281. The van der Waals surface area contributed by atoms with Gasteiger partial charge < -0.3 is 31.7 Å². The quantitative estimate of drug-likeness (QED) is 0.331. The van der Waals surface area contributed by atoms with Crippen LogP contribution in [-0.2, 0) is 9.53 Å². The van der Waals surface area contributed by atoms with Gasteiger partial charge in [-0.1, -0.05) is 49.0 Å². The van der Waals surface area contributed by atoms with Crippen molar-refractivity contribution >= 4 is 34.9 Å². The molecule has 1 aliphatic heterocycles. The van der Waals surface area contributed by atoms with E-state index in [-0.39, 0.29) is 5.91 Å². The molecule has 1 amide bonds. The van der Waals surface area contributed by atoms with Crippen molar-refractivity contribution in [2.24, 2.45) is 16.5 Å². The predicted octanol–water partition coefficient (Wildman–Crippen LogP) is 4.12. The molecule has 8 nitrogen and oxygen atoms in total. The van der Waals surface area contributed by atoms with Crippen molar-refractivity contribution in [3.05, 3.63) is 108 Å². The fraction of sp³-hybridized carbons (Fsp3) is 0.172. The number of rotatable bonds is 9. The Bertz CT molecular complexity index is 1250. The van der Waals surface area contributed by atoms with Gasteiger partial charge in [-0.05, 0) is 53.6 Å². The molecule has 1 heterocycles. The largest absolute Gasteiger partial charge is 0.398 e. The Morgan fingerprint density at radius 1 is 0.946 bits per heavy atom. The van der Waals surface area contributed by atoms with Crippen molar-refractivity contribution in [2.75, 3.05) is 41.8 Å². The molecule has 1 atom stereocenters. The van der Waals surface area contributed by atoms with E-state index in [0.717, 1.165) is 43.1 Å².